The second kappa shape index (κ2) is 7.87. The van der Waals surface area contributed by atoms with E-state index in [9.17, 15) is 13.2 Å². The molecular weight excluding hydrogens is 338 g/mol. The van der Waals surface area contributed by atoms with E-state index in [0.717, 1.165) is 0 Å². The number of nitrogens with one attached hydrogen (secondary N) is 2. The third kappa shape index (κ3) is 5.48. The van der Waals surface area contributed by atoms with Gasteiger partial charge in [0, 0.05) is 5.02 Å². The van der Waals surface area contributed by atoms with Gasteiger partial charge in [-0.05, 0) is 29.8 Å². The Bertz CT molecular complexity index is 808. The van der Waals surface area contributed by atoms with Crippen LogP contribution in [0.1, 0.15) is 5.56 Å². The molecule has 0 fully saturated rings. The van der Waals surface area contributed by atoms with Crippen LogP contribution < -0.4 is 10.1 Å². The first-order valence-corrected chi connectivity index (χ1v) is 8.46. The van der Waals surface area contributed by atoms with Gasteiger partial charge in [0.15, 0.2) is 0 Å². The molecular formula is C15H14ClN3O3S. The highest BCUT2D eigenvalue weighted by Crippen LogP contribution is 2.08. The maximum atomic E-state index is 11.9. The average Bonchev–Trinajstić information content (AvgIpc) is 2.54. The first-order valence-electron chi connectivity index (χ1n) is 6.59. The number of rotatable bonds is 6. The van der Waals surface area contributed by atoms with Gasteiger partial charge in [0.1, 0.15) is 0 Å². The van der Waals surface area contributed by atoms with Gasteiger partial charge in [-0.2, -0.15) is 5.10 Å². The molecule has 2 aromatic rings. The molecule has 1 amide bonds. The molecule has 0 aliphatic rings. The first kappa shape index (κ1) is 17.1. The Labute approximate surface area is 139 Å². The van der Waals surface area contributed by atoms with Crippen molar-refractivity contribution in [1.82, 2.24) is 10.1 Å². The van der Waals surface area contributed by atoms with Gasteiger partial charge in [0.05, 0.1) is 17.7 Å². The monoisotopic (exact) mass is 351 g/mol. The van der Waals surface area contributed by atoms with E-state index in [1.54, 1.807) is 42.5 Å². The number of halogens is 1. The number of sulfonamides is 1. The Hall–Kier alpha value is -2.22. The molecule has 0 spiro atoms. The van der Waals surface area contributed by atoms with Gasteiger partial charge in [0.25, 0.3) is 5.91 Å². The predicted octanol–water partition coefficient (Wildman–Crippen LogP) is 1.77. The van der Waals surface area contributed by atoms with E-state index >= 15 is 0 Å². The minimum absolute atomic E-state index is 0.0928. The van der Waals surface area contributed by atoms with Crippen LogP contribution in [0.15, 0.2) is 64.6 Å². The topological polar surface area (TPSA) is 87.6 Å². The smallest absolute Gasteiger partial charge is 0.255 e. The van der Waals surface area contributed by atoms with Crippen LogP contribution in [0.3, 0.4) is 0 Å². The SMILES string of the molecule is O=C(CNS(=O)(=O)c1ccccc1)N/N=C\c1cccc(Cl)c1. The van der Waals surface area contributed by atoms with Crippen LogP contribution in [-0.2, 0) is 14.8 Å². The molecule has 0 aromatic heterocycles. The van der Waals surface area contributed by atoms with Gasteiger partial charge < -0.3 is 0 Å². The summed E-state index contributed by atoms with van der Waals surface area (Å²) in [5.41, 5.74) is 2.95. The fourth-order valence-electron chi connectivity index (χ4n) is 1.65. The highest BCUT2D eigenvalue weighted by Gasteiger charge is 2.14. The van der Waals surface area contributed by atoms with Crippen molar-refractivity contribution >= 4 is 33.7 Å². The lowest BCUT2D eigenvalue weighted by atomic mass is 10.2. The van der Waals surface area contributed by atoms with Gasteiger partial charge in [-0.25, -0.2) is 18.6 Å². The molecule has 120 valence electrons. The molecule has 0 saturated carbocycles. The summed E-state index contributed by atoms with van der Waals surface area (Å²) in [4.78, 5) is 11.7. The van der Waals surface area contributed by atoms with Crippen molar-refractivity contribution in [1.29, 1.82) is 0 Å². The summed E-state index contributed by atoms with van der Waals surface area (Å²) in [6.45, 7) is -0.413. The number of carbonyl (C=O) groups is 1. The summed E-state index contributed by atoms with van der Waals surface area (Å²) < 4.78 is 26.0. The van der Waals surface area contributed by atoms with Crippen molar-refractivity contribution in [3.63, 3.8) is 0 Å². The lowest BCUT2D eigenvalue weighted by Gasteiger charge is -2.05. The molecule has 0 aliphatic heterocycles. The Kier molecular flexibility index (Phi) is 5.86. The van der Waals surface area contributed by atoms with Crippen LogP contribution in [0.5, 0.6) is 0 Å². The van der Waals surface area contributed by atoms with Gasteiger partial charge in [-0.3, -0.25) is 4.79 Å². The summed E-state index contributed by atoms with van der Waals surface area (Å²) >= 11 is 5.82. The summed E-state index contributed by atoms with van der Waals surface area (Å²) in [6.07, 6.45) is 1.41. The van der Waals surface area contributed by atoms with E-state index in [1.165, 1.54) is 18.3 Å². The van der Waals surface area contributed by atoms with Crippen LogP contribution in [0.2, 0.25) is 5.02 Å². The summed E-state index contributed by atoms with van der Waals surface area (Å²) in [5.74, 6) is -0.581. The first-order chi connectivity index (χ1) is 11.0. The number of carbonyl (C=O) groups excluding carboxylic acids is 1. The minimum atomic E-state index is -3.72. The van der Waals surface area contributed by atoms with E-state index in [1.807, 2.05) is 0 Å². The zero-order valence-corrected chi connectivity index (χ0v) is 13.5. The molecule has 0 bridgehead atoms. The third-order valence-corrected chi connectivity index (χ3v) is 4.38. The van der Waals surface area contributed by atoms with Crippen LogP contribution in [-0.4, -0.2) is 27.1 Å². The Morgan fingerprint density at radius 1 is 1.13 bits per heavy atom. The molecule has 0 unspecified atom stereocenters. The van der Waals surface area contributed by atoms with Crippen molar-refractivity contribution in [3.8, 4) is 0 Å². The second-order valence-corrected chi connectivity index (χ2v) is 6.69. The van der Waals surface area contributed by atoms with E-state index in [2.05, 4.69) is 15.2 Å². The maximum Gasteiger partial charge on any atom is 0.255 e. The second-order valence-electron chi connectivity index (χ2n) is 4.49. The fourth-order valence-corrected chi connectivity index (χ4v) is 2.85. The van der Waals surface area contributed by atoms with Crippen LogP contribution >= 0.6 is 11.6 Å². The Morgan fingerprint density at radius 3 is 2.57 bits per heavy atom. The van der Waals surface area contributed by atoms with Crippen molar-refractivity contribution < 1.29 is 13.2 Å². The highest BCUT2D eigenvalue weighted by molar-refractivity contribution is 7.89. The van der Waals surface area contributed by atoms with E-state index in [4.69, 9.17) is 11.6 Å². The van der Waals surface area contributed by atoms with Crippen molar-refractivity contribution in [2.24, 2.45) is 5.10 Å². The molecule has 0 radical (unpaired) electrons. The minimum Gasteiger partial charge on any atom is -0.272 e. The number of benzene rings is 2. The molecule has 23 heavy (non-hydrogen) atoms. The molecule has 6 nitrogen and oxygen atoms in total. The zero-order valence-electron chi connectivity index (χ0n) is 11.9. The van der Waals surface area contributed by atoms with Crippen LogP contribution in [0, 0.1) is 0 Å². The summed E-state index contributed by atoms with van der Waals surface area (Å²) in [6, 6.07) is 14.7. The zero-order chi connectivity index (χ0) is 16.7. The van der Waals surface area contributed by atoms with Gasteiger partial charge in [-0.15, -0.1) is 0 Å². The maximum absolute atomic E-state index is 11.9. The number of hydrogen-bond donors (Lipinski definition) is 2. The third-order valence-electron chi connectivity index (χ3n) is 2.73. The van der Waals surface area contributed by atoms with E-state index < -0.39 is 22.5 Å². The Morgan fingerprint density at radius 2 is 1.87 bits per heavy atom. The molecule has 0 atom stereocenters. The highest BCUT2D eigenvalue weighted by atomic mass is 35.5. The molecule has 0 heterocycles. The van der Waals surface area contributed by atoms with E-state index in [-0.39, 0.29) is 4.90 Å². The standard InChI is InChI=1S/C15H14ClN3O3S/c16-13-6-4-5-12(9-13)10-17-19-15(20)11-18-23(21,22)14-7-2-1-3-8-14/h1-10,18H,11H2,(H,19,20)/b17-10-. The molecule has 0 aliphatic carbocycles. The number of nitrogens with zero attached hydrogens (tertiary/aromatic N) is 1. The predicted molar refractivity (Wildman–Crippen MR) is 88.8 cm³/mol. The average molecular weight is 352 g/mol. The number of hydrazone groups is 1. The quantitative estimate of drug-likeness (QED) is 0.614. The number of hydrogen-bond acceptors (Lipinski definition) is 4. The van der Waals surface area contributed by atoms with E-state index in [0.29, 0.717) is 10.6 Å². The fraction of sp³-hybridized carbons (Fsp3) is 0.0667. The molecule has 2 N–H and O–H groups in total. The van der Waals surface area contributed by atoms with Crippen LogP contribution in [0.4, 0.5) is 0 Å². The number of amides is 1. The van der Waals surface area contributed by atoms with Crippen molar-refractivity contribution in [2.75, 3.05) is 6.54 Å². The Balaban J connectivity index is 1.86. The molecule has 2 rings (SSSR count). The van der Waals surface area contributed by atoms with Crippen molar-refractivity contribution in [2.45, 2.75) is 4.90 Å². The summed E-state index contributed by atoms with van der Waals surface area (Å²) in [7, 11) is -3.72. The molecule has 8 heteroatoms. The molecule has 0 saturated heterocycles. The normalized spacial score (nSPS) is 11.5. The molecule has 2 aromatic carbocycles. The van der Waals surface area contributed by atoms with Gasteiger partial charge in [-0.1, -0.05) is 41.9 Å². The lowest BCUT2D eigenvalue weighted by Crippen LogP contribution is -2.34. The van der Waals surface area contributed by atoms with Crippen LogP contribution in [0.25, 0.3) is 0 Å². The lowest BCUT2D eigenvalue weighted by molar-refractivity contribution is -0.119. The summed E-state index contributed by atoms with van der Waals surface area (Å²) in [5, 5.41) is 4.29. The van der Waals surface area contributed by atoms with Crippen molar-refractivity contribution in [3.05, 3.63) is 65.2 Å². The van der Waals surface area contributed by atoms with Gasteiger partial charge in [0.2, 0.25) is 10.0 Å². The largest absolute Gasteiger partial charge is 0.272 e. The van der Waals surface area contributed by atoms with Gasteiger partial charge >= 0.3 is 0 Å².